The molecule has 3 nitrogen and oxygen atoms in total. The molecule has 1 heterocycles. The molecule has 1 aliphatic rings. The number of hydrogen-bond donors (Lipinski definition) is 0. The maximum atomic E-state index is 13.0. The SMILES string of the molecule is COc1ccc(C2=Nc3cccc(C(F)(F)F)c3C(=O)C2)cc1. The first-order valence-electron chi connectivity index (χ1n) is 6.85. The number of halogens is 3. The summed E-state index contributed by atoms with van der Waals surface area (Å²) in [5.41, 5.74) is -0.0941. The number of carbonyl (C=O) groups is 1. The Morgan fingerprint density at radius 1 is 1.09 bits per heavy atom. The lowest BCUT2D eigenvalue weighted by Crippen LogP contribution is -2.19. The van der Waals surface area contributed by atoms with Crippen molar-refractivity contribution < 1.29 is 22.7 Å². The molecule has 0 spiro atoms. The van der Waals surface area contributed by atoms with Crippen molar-refractivity contribution in [3.63, 3.8) is 0 Å². The van der Waals surface area contributed by atoms with Gasteiger partial charge in [0.05, 0.1) is 36.1 Å². The first kappa shape index (κ1) is 15.3. The van der Waals surface area contributed by atoms with Gasteiger partial charge in [0.2, 0.25) is 0 Å². The molecule has 2 aromatic carbocycles. The predicted molar refractivity (Wildman–Crippen MR) is 79.6 cm³/mol. The van der Waals surface area contributed by atoms with E-state index >= 15 is 0 Å². The Labute approximate surface area is 130 Å². The molecule has 2 aromatic rings. The maximum absolute atomic E-state index is 13.0. The zero-order chi connectivity index (χ0) is 16.6. The number of methoxy groups -OCH3 is 1. The third kappa shape index (κ3) is 2.84. The Balaban J connectivity index is 2.08. The van der Waals surface area contributed by atoms with E-state index in [9.17, 15) is 18.0 Å². The molecule has 0 bridgehead atoms. The fraction of sp³-hybridized carbons (Fsp3) is 0.176. The number of benzene rings is 2. The van der Waals surface area contributed by atoms with Gasteiger partial charge in [-0.3, -0.25) is 9.79 Å². The lowest BCUT2D eigenvalue weighted by molar-refractivity contribution is -0.137. The van der Waals surface area contributed by atoms with E-state index in [1.165, 1.54) is 19.2 Å². The molecule has 0 radical (unpaired) electrons. The Bertz CT molecular complexity index is 792. The molecular formula is C17H12F3NO2. The summed E-state index contributed by atoms with van der Waals surface area (Å²) in [6.45, 7) is 0. The van der Waals surface area contributed by atoms with E-state index in [-0.39, 0.29) is 17.7 Å². The minimum Gasteiger partial charge on any atom is -0.497 e. The number of nitrogens with zero attached hydrogens (tertiary/aromatic N) is 1. The Morgan fingerprint density at radius 3 is 2.39 bits per heavy atom. The summed E-state index contributed by atoms with van der Waals surface area (Å²) in [4.78, 5) is 16.5. The third-order valence-corrected chi connectivity index (χ3v) is 3.63. The summed E-state index contributed by atoms with van der Waals surface area (Å²) >= 11 is 0. The van der Waals surface area contributed by atoms with Gasteiger partial charge >= 0.3 is 6.18 Å². The molecule has 0 aromatic heterocycles. The number of ether oxygens (including phenoxy) is 1. The van der Waals surface area contributed by atoms with Gasteiger partial charge in [0.15, 0.2) is 5.78 Å². The summed E-state index contributed by atoms with van der Waals surface area (Å²) in [6.07, 6.45) is -4.74. The topological polar surface area (TPSA) is 38.7 Å². The second kappa shape index (κ2) is 5.53. The minimum atomic E-state index is -4.58. The van der Waals surface area contributed by atoms with Crippen LogP contribution in [0.1, 0.15) is 27.9 Å². The molecule has 3 rings (SSSR count). The van der Waals surface area contributed by atoms with Crippen LogP contribution < -0.4 is 4.74 Å². The summed E-state index contributed by atoms with van der Waals surface area (Å²) in [5.74, 6) is 0.0741. The second-order valence-electron chi connectivity index (χ2n) is 5.08. The van der Waals surface area contributed by atoms with E-state index in [2.05, 4.69) is 4.99 Å². The van der Waals surface area contributed by atoms with Crippen molar-refractivity contribution in [2.45, 2.75) is 12.6 Å². The molecule has 0 N–H and O–H groups in total. The number of carbonyl (C=O) groups excluding carboxylic acids is 1. The summed E-state index contributed by atoms with van der Waals surface area (Å²) in [6, 6.07) is 10.5. The van der Waals surface area contributed by atoms with Gasteiger partial charge in [0, 0.05) is 0 Å². The van der Waals surface area contributed by atoms with Crippen LogP contribution in [0.25, 0.3) is 0 Å². The summed E-state index contributed by atoms with van der Waals surface area (Å²) in [5, 5.41) is 0. The first-order chi connectivity index (χ1) is 10.9. The zero-order valence-corrected chi connectivity index (χ0v) is 12.1. The van der Waals surface area contributed by atoms with Gasteiger partial charge in [-0.25, -0.2) is 0 Å². The molecular weight excluding hydrogens is 307 g/mol. The summed E-state index contributed by atoms with van der Waals surface area (Å²) < 4.78 is 44.2. The van der Waals surface area contributed by atoms with Crippen LogP contribution in [0.5, 0.6) is 5.75 Å². The average Bonchev–Trinajstić information content (AvgIpc) is 2.53. The minimum absolute atomic E-state index is 0.0573. The van der Waals surface area contributed by atoms with Crippen molar-refractivity contribution in [2.75, 3.05) is 7.11 Å². The van der Waals surface area contributed by atoms with Crippen LogP contribution in [0.15, 0.2) is 47.5 Å². The van der Waals surface area contributed by atoms with Gasteiger partial charge < -0.3 is 4.74 Å². The molecule has 0 aliphatic carbocycles. The van der Waals surface area contributed by atoms with E-state index in [0.717, 1.165) is 6.07 Å². The van der Waals surface area contributed by atoms with Gasteiger partial charge in [-0.05, 0) is 42.0 Å². The number of fused-ring (bicyclic) bond motifs is 1. The van der Waals surface area contributed by atoms with Crippen molar-refractivity contribution in [3.05, 3.63) is 59.2 Å². The fourth-order valence-corrected chi connectivity index (χ4v) is 2.54. The number of hydrogen-bond acceptors (Lipinski definition) is 3. The first-order valence-corrected chi connectivity index (χ1v) is 6.85. The monoisotopic (exact) mass is 319 g/mol. The van der Waals surface area contributed by atoms with Gasteiger partial charge in [0.1, 0.15) is 5.75 Å². The highest BCUT2D eigenvalue weighted by Gasteiger charge is 2.37. The molecule has 23 heavy (non-hydrogen) atoms. The fourth-order valence-electron chi connectivity index (χ4n) is 2.54. The number of alkyl halides is 3. The smallest absolute Gasteiger partial charge is 0.417 e. The highest BCUT2D eigenvalue weighted by Crippen LogP contribution is 2.39. The zero-order valence-electron chi connectivity index (χ0n) is 12.1. The van der Waals surface area contributed by atoms with Gasteiger partial charge in [0.25, 0.3) is 0 Å². The van der Waals surface area contributed by atoms with E-state index in [4.69, 9.17) is 4.74 Å². The lowest BCUT2D eigenvalue weighted by atomic mass is 9.92. The highest BCUT2D eigenvalue weighted by molar-refractivity contribution is 6.21. The van der Waals surface area contributed by atoms with Crippen LogP contribution in [0.3, 0.4) is 0 Å². The maximum Gasteiger partial charge on any atom is 0.417 e. The molecule has 0 amide bonds. The van der Waals surface area contributed by atoms with Crippen LogP contribution in [0, 0.1) is 0 Å². The highest BCUT2D eigenvalue weighted by atomic mass is 19.4. The number of Topliss-reactive ketones (excluding diaryl/α,β-unsaturated/α-hetero) is 1. The number of aliphatic imine (C=N–C) groups is 1. The lowest BCUT2D eigenvalue weighted by Gasteiger charge is -2.19. The van der Waals surface area contributed by atoms with Crippen LogP contribution >= 0.6 is 0 Å². The molecule has 0 saturated heterocycles. The second-order valence-corrected chi connectivity index (χ2v) is 5.08. The van der Waals surface area contributed by atoms with E-state index in [1.54, 1.807) is 24.3 Å². The molecule has 0 atom stereocenters. The van der Waals surface area contributed by atoms with Crippen LogP contribution in [-0.4, -0.2) is 18.6 Å². The molecule has 0 unspecified atom stereocenters. The number of rotatable bonds is 2. The van der Waals surface area contributed by atoms with E-state index in [1.807, 2.05) is 0 Å². The van der Waals surface area contributed by atoms with Crippen molar-refractivity contribution in [3.8, 4) is 5.75 Å². The molecule has 0 saturated carbocycles. The van der Waals surface area contributed by atoms with Crippen LogP contribution in [0.4, 0.5) is 18.9 Å². The average molecular weight is 319 g/mol. The standard InChI is InChI=1S/C17H12F3NO2/c1-23-11-7-5-10(6-8-11)14-9-15(22)16-12(17(18,19)20)3-2-4-13(16)21-14/h2-8H,9H2,1H3. The van der Waals surface area contributed by atoms with Crippen molar-refractivity contribution in [1.82, 2.24) is 0 Å². The van der Waals surface area contributed by atoms with Crippen molar-refractivity contribution in [2.24, 2.45) is 4.99 Å². The van der Waals surface area contributed by atoms with Gasteiger partial charge in [-0.2, -0.15) is 13.2 Å². The molecule has 0 fully saturated rings. The molecule has 1 aliphatic heterocycles. The van der Waals surface area contributed by atoms with Gasteiger partial charge in [-0.1, -0.05) is 6.07 Å². The molecule has 6 heteroatoms. The predicted octanol–water partition coefficient (Wildman–Crippen LogP) is 4.42. The van der Waals surface area contributed by atoms with Crippen molar-refractivity contribution >= 4 is 17.2 Å². The Kier molecular flexibility index (Phi) is 3.67. The largest absolute Gasteiger partial charge is 0.497 e. The summed E-state index contributed by atoms with van der Waals surface area (Å²) in [7, 11) is 1.53. The number of ketones is 1. The Hall–Kier alpha value is -2.63. The van der Waals surface area contributed by atoms with E-state index in [0.29, 0.717) is 17.0 Å². The Morgan fingerprint density at radius 2 is 1.78 bits per heavy atom. The van der Waals surface area contributed by atoms with E-state index < -0.39 is 17.5 Å². The third-order valence-electron chi connectivity index (χ3n) is 3.63. The molecule has 118 valence electrons. The van der Waals surface area contributed by atoms with Crippen LogP contribution in [0.2, 0.25) is 0 Å². The van der Waals surface area contributed by atoms with Crippen molar-refractivity contribution in [1.29, 1.82) is 0 Å². The van der Waals surface area contributed by atoms with Crippen LogP contribution in [-0.2, 0) is 6.18 Å². The normalized spacial score (nSPS) is 14.3. The quantitative estimate of drug-likeness (QED) is 0.822. The van der Waals surface area contributed by atoms with Gasteiger partial charge in [-0.15, -0.1) is 0 Å².